The van der Waals surface area contributed by atoms with E-state index in [0.717, 1.165) is 24.4 Å². The van der Waals surface area contributed by atoms with Gasteiger partial charge in [0.05, 0.1) is 41.4 Å². The van der Waals surface area contributed by atoms with Crippen molar-refractivity contribution < 1.29 is 33.8 Å². The molecule has 2 amide bonds. The largest absolute Gasteiger partial charge is 0.504 e. The van der Waals surface area contributed by atoms with Gasteiger partial charge >= 0.3 is 0 Å². The third-order valence-corrected chi connectivity index (χ3v) is 10.5. The van der Waals surface area contributed by atoms with Crippen molar-refractivity contribution >= 4 is 57.3 Å². The van der Waals surface area contributed by atoms with E-state index in [1.54, 1.807) is 19.1 Å². The van der Waals surface area contributed by atoms with Crippen LogP contribution in [0.25, 0.3) is 0 Å². The smallest absolute Gasteiger partial charge is 0.238 e. The van der Waals surface area contributed by atoms with Crippen LogP contribution in [0.15, 0.2) is 70.8 Å². The molecular weight excluding hydrogens is 675 g/mol. The third-order valence-electron chi connectivity index (χ3n) is 9.65. The number of benzene rings is 2. The number of amides is 2. The van der Waals surface area contributed by atoms with Crippen molar-refractivity contribution in [2.24, 2.45) is 17.8 Å². The monoisotopic (exact) mass is 706 g/mol. The molecule has 0 bridgehead atoms. The number of hydrogen-bond donors (Lipinski definition) is 1. The van der Waals surface area contributed by atoms with Crippen molar-refractivity contribution in [3.63, 3.8) is 0 Å². The zero-order chi connectivity index (χ0) is 30.9. The van der Waals surface area contributed by atoms with Crippen molar-refractivity contribution in [3.8, 4) is 11.5 Å². The normalized spacial score (nSPS) is 26.7. The summed E-state index contributed by atoms with van der Waals surface area (Å²) in [5.41, 5.74) is 4.25. The number of carbonyl (C=O) groups is 4. The Balaban J connectivity index is 1.28. The standard InChI is InChI=1S/C34H31IN2O7/c1-17-13-26(38)24-16-23-21(28(30(24)31(17)39)18-14-25(35)32(40)27(15-18)43-2)7-8-22-29(23)34(42)37(33(22)41)20-5-3-19(4-6-20)36-9-11-44-12-10-36/h3-7,13-15,22-23,28-29,40H,8-12,16H2,1-2H3. The highest BCUT2D eigenvalue weighted by Gasteiger charge is 2.56. The van der Waals surface area contributed by atoms with Crippen molar-refractivity contribution in [1.82, 2.24) is 0 Å². The number of carbonyl (C=O) groups excluding carboxylic acids is 4. The first-order valence-corrected chi connectivity index (χ1v) is 15.8. The lowest BCUT2D eigenvalue weighted by Crippen LogP contribution is -2.39. The van der Waals surface area contributed by atoms with Gasteiger partial charge in [0.1, 0.15) is 0 Å². The highest BCUT2D eigenvalue weighted by atomic mass is 127. The number of Topliss-reactive ketones (excluding diaryl/α,β-unsaturated/α-hetero) is 1. The van der Waals surface area contributed by atoms with Crippen molar-refractivity contribution in [1.29, 1.82) is 0 Å². The van der Waals surface area contributed by atoms with Crippen LogP contribution < -0.4 is 14.5 Å². The highest BCUT2D eigenvalue weighted by Crippen LogP contribution is 2.56. The van der Waals surface area contributed by atoms with Gasteiger partial charge in [-0.25, -0.2) is 0 Å². The molecule has 5 aliphatic rings. The van der Waals surface area contributed by atoms with Gasteiger partial charge in [-0.3, -0.25) is 24.1 Å². The summed E-state index contributed by atoms with van der Waals surface area (Å²) in [4.78, 5) is 58.6. The molecule has 44 heavy (non-hydrogen) atoms. The van der Waals surface area contributed by atoms with Gasteiger partial charge in [0.15, 0.2) is 23.1 Å². The average molecular weight is 707 g/mol. The van der Waals surface area contributed by atoms with Gasteiger partial charge in [0.25, 0.3) is 0 Å². The van der Waals surface area contributed by atoms with Gasteiger partial charge in [-0.15, -0.1) is 0 Å². The van der Waals surface area contributed by atoms with E-state index in [4.69, 9.17) is 9.47 Å². The van der Waals surface area contributed by atoms with Crippen LogP contribution in [0.4, 0.5) is 11.4 Å². The van der Waals surface area contributed by atoms with Crippen LogP contribution in [0, 0.1) is 21.3 Å². The van der Waals surface area contributed by atoms with Crippen LogP contribution >= 0.6 is 22.6 Å². The highest BCUT2D eigenvalue weighted by molar-refractivity contribution is 14.1. The summed E-state index contributed by atoms with van der Waals surface area (Å²) in [5.74, 6) is -2.99. The van der Waals surface area contributed by atoms with E-state index in [2.05, 4.69) is 4.90 Å². The molecule has 0 saturated carbocycles. The summed E-state index contributed by atoms with van der Waals surface area (Å²) in [6.07, 6.45) is 3.93. The van der Waals surface area contributed by atoms with Gasteiger partial charge in [-0.05, 0) is 96.3 Å². The Kier molecular flexibility index (Phi) is 7.24. The number of methoxy groups -OCH3 is 1. The number of aromatic hydroxyl groups is 1. The Labute approximate surface area is 268 Å². The van der Waals surface area contributed by atoms with Crippen molar-refractivity contribution in [2.45, 2.75) is 25.7 Å². The number of rotatable bonds is 4. The van der Waals surface area contributed by atoms with Gasteiger partial charge in [-0.2, -0.15) is 0 Å². The summed E-state index contributed by atoms with van der Waals surface area (Å²) in [6, 6.07) is 11.0. The molecule has 7 rings (SSSR count). The molecule has 2 heterocycles. The first-order valence-electron chi connectivity index (χ1n) is 14.8. The van der Waals surface area contributed by atoms with E-state index >= 15 is 0 Å². The number of ether oxygens (including phenoxy) is 2. The van der Waals surface area contributed by atoms with E-state index in [1.807, 2.05) is 52.9 Å². The molecule has 1 N–H and O–H groups in total. The number of phenols is 1. The average Bonchev–Trinajstić information content (AvgIpc) is 3.30. The number of morpholine rings is 1. The Morgan fingerprint density at radius 2 is 1.68 bits per heavy atom. The maximum Gasteiger partial charge on any atom is 0.238 e. The van der Waals surface area contributed by atoms with Crippen LogP contribution in [-0.2, 0) is 23.9 Å². The molecule has 4 unspecified atom stereocenters. The van der Waals surface area contributed by atoms with Crippen LogP contribution in [0.3, 0.4) is 0 Å². The van der Waals surface area contributed by atoms with E-state index < -0.39 is 23.7 Å². The second kappa shape index (κ2) is 11.0. The number of anilines is 2. The van der Waals surface area contributed by atoms with Gasteiger partial charge in [-0.1, -0.05) is 11.6 Å². The van der Waals surface area contributed by atoms with Crippen LogP contribution in [0.2, 0.25) is 0 Å². The number of allylic oxidation sites excluding steroid dienone is 6. The number of halogens is 1. The lowest BCUT2D eigenvalue weighted by Gasteiger charge is -2.42. The van der Waals surface area contributed by atoms with Crippen molar-refractivity contribution in [2.75, 3.05) is 43.2 Å². The molecule has 2 aromatic rings. The predicted molar refractivity (Wildman–Crippen MR) is 171 cm³/mol. The molecule has 3 aliphatic carbocycles. The first-order chi connectivity index (χ1) is 21.2. The molecule has 2 aromatic carbocycles. The molecule has 226 valence electrons. The summed E-state index contributed by atoms with van der Waals surface area (Å²) < 4.78 is 11.4. The molecule has 2 saturated heterocycles. The summed E-state index contributed by atoms with van der Waals surface area (Å²) in [7, 11) is 1.46. The van der Waals surface area contributed by atoms with E-state index in [9.17, 15) is 24.3 Å². The molecule has 0 radical (unpaired) electrons. The van der Waals surface area contributed by atoms with Gasteiger partial charge in [0.2, 0.25) is 11.8 Å². The van der Waals surface area contributed by atoms with E-state index in [0.29, 0.717) is 51.2 Å². The Bertz CT molecular complexity index is 1720. The summed E-state index contributed by atoms with van der Waals surface area (Å²) >= 11 is 2.02. The minimum Gasteiger partial charge on any atom is -0.504 e. The molecular formula is C34H31IN2O7. The summed E-state index contributed by atoms with van der Waals surface area (Å²) in [6.45, 7) is 4.51. The molecule has 9 nitrogen and oxygen atoms in total. The molecule has 0 spiro atoms. The SMILES string of the molecule is COc1cc(C2C3=CCC4C(=O)N(c5ccc(N6CCOCC6)cc5)C(=O)C4C3CC3=C2C(=O)C(C)=CC3=O)cc(I)c1O. The summed E-state index contributed by atoms with van der Waals surface area (Å²) in [5, 5.41) is 10.6. The quantitative estimate of drug-likeness (QED) is 0.215. The number of hydrogen-bond acceptors (Lipinski definition) is 8. The number of ketones is 2. The minimum atomic E-state index is -0.661. The molecule has 2 aliphatic heterocycles. The van der Waals surface area contributed by atoms with E-state index in [-0.39, 0.29) is 41.3 Å². The van der Waals surface area contributed by atoms with Crippen LogP contribution in [0.1, 0.15) is 31.2 Å². The zero-order valence-corrected chi connectivity index (χ0v) is 26.5. The maximum atomic E-state index is 14.2. The van der Waals surface area contributed by atoms with Gasteiger partial charge < -0.3 is 19.5 Å². The van der Waals surface area contributed by atoms with Crippen LogP contribution in [0.5, 0.6) is 11.5 Å². The molecule has 10 heteroatoms. The molecule has 4 atom stereocenters. The Morgan fingerprint density at radius 1 is 0.977 bits per heavy atom. The fourth-order valence-corrected chi connectivity index (χ4v) is 8.17. The van der Waals surface area contributed by atoms with Crippen LogP contribution in [-0.4, -0.2) is 61.9 Å². The third kappa shape index (κ3) is 4.44. The molecule has 0 aromatic heterocycles. The Hall–Kier alpha value is -3.77. The first kappa shape index (κ1) is 29.0. The fraction of sp³-hybridized carbons (Fsp3) is 0.353. The van der Waals surface area contributed by atoms with Crippen molar-refractivity contribution in [3.05, 3.63) is 80.0 Å². The van der Waals surface area contributed by atoms with E-state index in [1.165, 1.54) is 18.1 Å². The number of nitrogens with zero attached hydrogens (tertiary/aromatic N) is 2. The lowest BCUT2D eigenvalue weighted by molar-refractivity contribution is -0.123. The fourth-order valence-electron chi connectivity index (χ4n) is 7.55. The maximum absolute atomic E-state index is 14.2. The number of fused-ring (bicyclic) bond motifs is 3. The Morgan fingerprint density at radius 3 is 2.39 bits per heavy atom. The predicted octanol–water partition coefficient (Wildman–Crippen LogP) is 4.48. The number of phenolic OH excluding ortho intramolecular Hbond substituents is 1. The topological polar surface area (TPSA) is 113 Å². The molecule has 2 fully saturated rings. The second-order valence-corrected chi connectivity index (χ2v) is 13.1. The number of imide groups is 1. The minimum absolute atomic E-state index is 0.00919. The lowest BCUT2D eigenvalue weighted by atomic mass is 9.59. The van der Waals surface area contributed by atoms with Gasteiger partial charge in [0, 0.05) is 41.4 Å². The second-order valence-electron chi connectivity index (χ2n) is 11.9. The zero-order valence-electron chi connectivity index (χ0n) is 24.3.